The third-order valence-electron chi connectivity index (χ3n) is 3.89. The summed E-state index contributed by atoms with van der Waals surface area (Å²) < 4.78 is 5.74. The number of nitrogens with one attached hydrogen (secondary N) is 1. The molecule has 0 aromatic heterocycles. The van der Waals surface area contributed by atoms with Crippen LogP contribution < -0.4 is 5.32 Å². The van der Waals surface area contributed by atoms with Crippen LogP contribution in [0.3, 0.4) is 0 Å². The molecule has 0 saturated carbocycles. The predicted molar refractivity (Wildman–Crippen MR) is 93.6 cm³/mol. The lowest BCUT2D eigenvalue weighted by Crippen LogP contribution is -2.40. The molecule has 0 spiro atoms. The number of ether oxygens (including phenoxy) is 1. The molecule has 3 rings (SSSR count). The number of anilines is 1. The summed E-state index contributed by atoms with van der Waals surface area (Å²) in [5.41, 5.74) is 1.42. The number of carbonyl (C=O) groups excluding carboxylic acids is 1. The average Bonchev–Trinajstić information content (AvgIpc) is 3.08. The normalized spacial score (nSPS) is 18.6. The molecule has 0 unspecified atom stereocenters. The number of carbonyl (C=O) groups is 1. The Bertz CT molecular complexity index is 682. The Morgan fingerprint density at radius 3 is 2.57 bits per heavy atom. The van der Waals surface area contributed by atoms with Gasteiger partial charge in [-0.3, -0.25) is 4.79 Å². The summed E-state index contributed by atoms with van der Waals surface area (Å²) in [6.07, 6.45) is 1.68. The number of rotatable bonds is 5. The highest BCUT2D eigenvalue weighted by atomic mass is 35.5. The number of hydrogen-bond acceptors (Lipinski definition) is 3. The molecule has 1 N–H and O–H groups in total. The Hall–Kier alpha value is -1.55. The van der Waals surface area contributed by atoms with Gasteiger partial charge >= 0.3 is 0 Å². The molecule has 2 aromatic rings. The summed E-state index contributed by atoms with van der Waals surface area (Å²) >= 11 is 11.9. The maximum atomic E-state index is 12.9. The standard InChI is InChI=1S/C18H17Cl2NO2/c19-13-6-8-15(9-7-13)21-17(16-5-2-10-23-16)18(22)12-3-1-4-14(20)11-12/h1,3-4,6-9,11,16-17,21H,2,5,10H2/t16-,17-/m0/s1. The van der Waals surface area contributed by atoms with Gasteiger partial charge in [0.05, 0.1) is 6.10 Å². The first-order chi connectivity index (χ1) is 11.1. The summed E-state index contributed by atoms with van der Waals surface area (Å²) in [5.74, 6) is -0.0191. The van der Waals surface area contributed by atoms with Crippen LogP contribution in [-0.2, 0) is 4.74 Å². The second kappa shape index (κ2) is 7.35. The monoisotopic (exact) mass is 349 g/mol. The van der Waals surface area contributed by atoms with Crippen LogP contribution >= 0.6 is 23.2 Å². The molecule has 0 bridgehead atoms. The van der Waals surface area contributed by atoms with Gasteiger partial charge in [-0.05, 0) is 49.2 Å². The lowest BCUT2D eigenvalue weighted by atomic mass is 9.97. The second-order valence-corrected chi connectivity index (χ2v) is 6.43. The molecule has 2 aromatic carbocycles. The Morgan fingerprint density at radius 1 is 1.13 bits per heavy atom. The van der Waals surface area contributed by atoms with Gasteiger partial charge in [0.25, 0.3) is 0 Å². The van der Waals surface area contributed by atoms with E-state index >= 15 is 0 Å². The van der Waals surface area contributed by atoms with Crippen molar-refractivity contribution in [2.75, 3.05) is 11.9 Å². The fourth-order valence-electron chi connectivity index (χ4n) is 2.74. The van der Waals surface area contributed by atoms with Crippen LogP contribution in [0.2, 0.25) is 10.0 Å². The van der Waals surface area contributed by atoms with Crippen LogP contribution in [0.1, 0.15) is 23.2 Å². The Morgan fingerprint density at radius 2 is 1.91 bits per heavy atom. The number of hydrogen-bond donors (Lipinski definition) is 1. The SMILES string of the molecule is O=C(c1cccc(Cl)c1)[C@@H](Nc1ccc(Cl)cc1)[C@@H]1CCCO1. The average molecular weight is 350 g/mol. The van der Waals surface area contributed by atoms with Gasteiger partial charge in [-0.2, -0.15) is 0 Å². The zero-order valence-corrected chi connectivity index (χ0v) is 14.0. The van der Waals surface area contributed by atoms with Gasteiger partial charge < -0.3 is 10.1 Å². The van der Waals surface area contributed by atoms with Crippen molar-refractivity contribution in [3.8, 4) is 0 Å². The molecule has 1 aliphatic rings. The lowest BCUT2D eigenvalue weighted by molar-refractivity contribution is 0.0721. The van der Waals surface area contributed by atoms with Crippen LogP contribution in [0.15, 0.2) is 48.5 Å². The van der Waals surface area contributed by atoms with Crippen molar-refractivity contribution >= 4 is 34.7 Å². The molecule has 120 valence electrons. The first-order valence-electron chi connectivity index (χ1n) is 7.57. The van der Waals surface area contributed by atoms with Gasteiger partial charge in [0, 0.05) is 27.9 Å². The summed E-state index contributed by atoms with van der Waals surface area (Å²) in [6, 6.07) is 13.9. The van der Waals surface area contributed by atoms with Crippen molar-refractivity contribution in [2.45, 2.75) is 25.0 Å². The van der Waals surface area contributed by atoms with E-state index in [0.717, 1.165) is 18.5 Å². The summed E-state index contributed by atoms with van der Waals surface area (Å²) in [6.45, 7) is 0.687. The van der Waals surface area contributed by atoms with Crippen LogP contribution in [0.5, 0.6) is 0 Å². The molecule has 0 aliphatic carbocycles. The first kappa shape index (κ1) is 16.3. The molecule has 1 saturated heterocycles. The highest BCUT2D eigenvalue weighted by Gasteiger charge is 2.32. The molecule has 3 nitrogen and oxygen atoms in total. The third kappa shape index (κ3) is 4.05. The van der Waals surface area contributed by atoms with E-state index in [4.69, 9.17) is 27.9 Å². The summed E-state index contributed by atoms with van der Waals surface area (Å²) in [5, 5.41) is 4.50. The zero-order chi connectivity index (χ0) is 16.2. The van der Waals surface area contributed by atoms with E-state index in [1.807, 2.05) is 12.1 Å². The number of halogens is 2. The quantitative estimate of drug-likeness (QED) is 0.785. The second-order valence-electron chi connectivity index (χ2n) is 5.55. The van der Waals surface area contributed by atoms with E-state index in [2.05, 4.69) is 5.32 Å². The smallest absolute Gasteiger partial charge is 0.187 e. The number of ketones is 1. The highest BCUT2D eigenvalue weighted by Crippen LogP contribution is 2.24. The predicted octanol–water partition coefficient (Wildman–Crippen LogP) is 4.84. The Balaban J connectivity index is 1.85. The van der Waals surface area contributed by atoms with E-state index in [9.17, 15) is 4.79 Å². The van der Waals surface area contributed by atoms with Crippen LogP contribution in [-0.4, -0.2) is 24.5 Å². The largest absolute Gasteiger partial charge is 0.376 e. The molecule has 0 amide bonds. The highest BCUT2D eigenvalue weighted by molar-refractivity contribution is 6.31. The molecule has 1 heterocycles. The maximum Gasteiger partial charge on any atom is 0.187 e. The van der Waals surface area contributed by atoms with Crippen LogP contribution in [0.4, 0.5) is 5.69 Å². The van der Waals surface area contributed by atoms with Gasteiger partial charge in [-0.15, -0.1) is 0 Å². The van der Waals surface area contributed by atoms with Crippen LogP contribution in [0, 0.1) is 0 Å². The number of Topliss-reactive ketones (excluding diaryl/α,β-unsaturated/α-hetero) is 1. The Kier molecular flexibility index (Phi) is 5.21. The van der Waals surface area contributed by atoms with Gasteiger partial charge in [0.1, 0.15) is 6.04 Å². The van der Waals surface area contributed by atoms with E-state index in [0.29, 0.717) is 22.2 Å². The zero-order valence-electron chi connectivity index (χ0n) is 12.5. The molecule has 5 heteroatoms. The fraction of sp³-hybridized carbons (Fsp3) is 0.278. The van der Waals surface area contributed by atoms with Gasteiger partial charge in [-0.1, -0.05) is 35.3 Å². The molecular weight excluding hydrogens is 333 g/mol. The molecule has 23 heavy (non-hydrogen) atoms. The molecule has 1 aliphatic heterocycles. The van der Waals surface area contributed by atoms with Crippen molar-refractivity contribution in [2.24, 2.45) is 0 Å². The molecular formula is C18H17Cl2NO2. The summed E-state index contributed by atoms with van der Waals surface area (Å²) in [7, 11) is 0. The van der Waals surface area contributed by atoms with Crippen LogP contribution in [0.25, 0.3) is 0 Å². The number of benzene rings is 2. The van der Waals surface area contributed by atoms with Gasteiger partial charge in [-0.25, -0.2) is 0 Å². The van der Waals surface area contributed by atoms with E-state index in [-0.39, 0.29) is 11.9 Å². The summed E-state index contributed by atoms with van der Waals surface area (Å²) in [4.78, 5) is 12.9. The molecule has 2 atom stereocenters. The van der Waals surface area contributed by atoms with Crippen molar-refractivity contribution in [3.05, 3.63) is 64.1 Å². The molecule has 0 radical (unpaired) electrons. The van der Waals surface area contributed by atoms with Crippen molar-refractivity contribution in [1.29, 1.82) is 0 Å². The van der Waals surface area contributed by atoms with Gasteiger partial charge in [0.2, 0.25) is 0 Å². The maximum absolute atomic E-state index is 12.9. The first-order valence-corrected chi connectivity index (χ1v) is 8.32. The fourth-order valence-corrected chi connectivity index (χ4v) is 3.06. The topological polar surface area (TPSA) is 38.3 Å². The van der Waals surface area contributed by atoms with E-state index < -0.39 is 6.04 Å². The lowest BCUT2D eigenvalue weighted by Gasteiger charge is -2.24. The third-order valence-corrected chi connectivity index (χ3v) is 4.38. The van der Waals surface area contributed by atoms with E-state index in [1.165, 1.54) is 0 Å². The van der Waals surface area contributed by atoms with Crippen molar-refractivity contribution < 1.29 is 9.53 Å². The van der Waals surface area contributed by atoms with Crippen molar-refractivity contribution in [3.63, 3.8) is 0 Å². The van der Waals surface area contributed by atoms with Crippen molar-refractivity contribution in [1.82, 2.24) is 0 Å². The minimum atomic E-state index is -0.447. The molecule has 1 fully saturated rings. The minimum Gasteiger partial charge on any atom is -0.376 e. The van der Waals surface area contributed by atoms with E-state index in [1.54, 1.807) is 36.4 Å². The Labute approximate surface area is 145 Å². The minimum absolute atomic E-state index is 0.0191. The van der Waals surface area contributed by atoms with Gasteiger partial charge in [0.15, 0.2) is 5.78 Å².